The molecule has 0 bridgehead atoms. The third-order valence-electron chi connectivity index (χ3n) is 4.74. The Morgan fingerprint density at radius 2 is 2.00 bits per heavy atom. The maximum absolute atomic E-state index is 12.6. The van der Waals surface area contributed by atoms with Gasteiger partial charge in [0.25, 0.3) is 0 Å². The third-order valence-corrected chi connectivity index (χ3v) is 5.50. The molecule has 0 fully saturated rings. The zero-order chi connectivity index (χ0) is 20.2. The molecular formula is C22H21N3O3S. The molecule has 0 aliphatic carbocycles. The number of anilines is 2. The standard InChI is InChI=1S/C22H21N3O3S/c1-2-15-7-9-16(10-8-15)17-14-29-22(23-17)24-20(26)13-25-18-5-3-4-6-19(18)28-12-11-21(25)27/h3-10,14H,2,11-13H2,1H3,(H,23,24,26). The Bertz CT molecular complexity index is 1030. The van der Waals surface area contributed by atoms with Crippen molar-refractivity contribution in [2.24, 2.45) is 0 Å². The minimum absolute atomic E-state index is 0.0840. The summed E-state index contributed by atoms with van der Waals surface area (Å²) in [5.74, 6) is 0.177. The van der Waals surface area contributed by atoms with Crippen LogP contribution in [0.4, 0.5) is 10.8 Å². The van der Waals surface area contributed by atoms with E-state index in [-0.39, 0.29) is 24.8 Å². The Balaban J connectivity index is 1.46. The van der Waals surface area contributed by atoms with Gasteiger partial charge in [-0.25, -0.2) is 4.98 Å². The smallest absolute Gasteiger partial charge is 0.246 e. The summed E-state index contributed by atoms with van der Waals surface area (Å²) in [6.07, 6.45) is 1.22. The summed E-state index contributed by atoms with van der Waals surface area (Å²) in [6, 6.07) is 15.5. The van der Waals surface area contributed by atoms with Gasteiger partial charge in [-0.1, -0.05) is 43.3 Å². The lowest BCUT2D eigenvalue weighted by atomic mass is 10.1. The average molecular weight is 407 g/mol. The first-order valence-electron chi connectivity index (χ1n) is 9.51. The molecule has 3 aromatic rings. The van der Waals surface area contributed by atoms with Gasteiger partial charge in [0, 0.05) is 10.9 Å². The largest absolute Gasteiger partial charge is 0.491 e. The molecule has 0 saturated heterocycles. The molecular weight excluding hydrogens is 386 g/mol. The first kappa shape index (κ1) is 19.1. The van der Waals surface area contributed by atoms with Crippen LogP contribution < -0.4 is 15.0 Å². The molecule has 2 aromatic carbocycles. The molecule has 1 aliphatic heterocycles. The molecule has 6 nitrogen and oxygen atoms in total. The highest BCUT2D eigenvalue weighted by molar-refractivity contribution is 7.14. The van der Waals surface area contributed by atoms with E-state index in [4.69, 9.17) is 4.74 Å². The van der Waals surface area contributed by atoms with Crippen LogP contribution in [0.1, 0.15) is 18.9 Å². The highest BCUT2D eigenvalue weighted by Crippen LogP contribution is 2.31. The molecule has 7 heteroatoms. The van der Waals surface area contributed by atoms with E-state index in [0.717, 1.165) is 17.7 Å². The molecule has 0 saturated carbocycles. The van der Waals surface area contributed by atoms with Crippen molar-refractivity contribution in [2.75, 3.05) is 23.4 Å². The number of para-hydroxylation sites is 2. The summed E-state index contributed by atoms with van der Waals surface area (Å²) in [5, 5.41) is 5.23. The predicted molar refractivity (Wildman–Crippen MR) is 114 cm³/mol. The van der Waals surface area contributed by atoms with Crippen LogP contribution in [0.3, 0.4) is 0 Å². The second-order valence-electron chi connectivity index (χ2n) is 6.68. The average Bonchev–Trinajstić information content (AvgIpc) is 3.14. The van der Waals surface area contributed by atoms with Gasteiger partial charge in [0.1, 0.15) is 12.3 Å². The van der Waals surface area contributed by atoms with Crippen LogP contribution in [0, 0.1) is 0 Å². The van der Waals surface area contributed by atoms with Gasteiger partial charge in [-0.05, 0) is 24.1 Å². The topological polar surface area (TPSA) is 71.5 Å². The minimum Gasteiger partial charge on any atom is -0.491 e. The van der Waals surface area contributed by atoms with Gasteiger partial charge in [0.15, 0.2) is 5.13 Å². The van der Waals surface area contributed by atoms with Gasteiger partial charge < -0.3 is 10.1 Å². The number of fused-ring (bicyclic) bond motifs is 1. The number of thiazole rings is 1. The van der Waals surface area contributed by atoms with E-state index in [1.165, 1.54) is 21.8 Å². The van der Waals surface area contributed by atoms with E-state index < -0.39 is 0 Å². The van der Waals surface area contributed by atoms with Crippen LogP contribution in [0.15, 0.2) is 53.9 Å². The van der Waals surface area contributed by atoms with Gasteiger partial charge >= 0.3 is 0 Å². The van der Waals surface area contributed by atoms with Crippen molar-refractivity contribution in [1.82, 2.24) is 4.98 Å². The lowest BCUT2D eigenvalue weighted by Gasteiger charge is -2.20. The maximum Gasteiger partial charge on any atom is 0.246 e. The number of carbonyl (C=O) groups is 2. The molecule has 2 heterocycles. The Kier molecular flexibility index (Phi) is 5.57. The fraction of sp³-hybridized carbons (Fsp3) is 0.227. The van der Waals surface area contributed by atoms with Crippen LogP contribution in [0.2, 0.25) is 0 Å². The summed E-state index contributed by atoms with van der Waals surface area (Å²) in [7, 11) is 0. The Hall–Kier alpha value is -3.19. The minimum atomic E-state index is -0.294. The van der Waals surface area contributed by atoms with Gasteiger partial charge in [-0.15, -0.1) is 11.3 Å². The lowest BCUT2D eigenvalue weighted by molar-refractivity contribution is -0.121. The van der Waals surface area contributed by atoms with Crippen molar-refractivity contribution >= 4 is 34.0 Å². The molecule has 0 unspecified atom stereocenters. The number of nitrogens with one attached hydrogen (secondary N) is 1. The summed E-state index contributed by atoms with van der Waals surface area (Å²) >= 11 is 1.36. The van der Waals surface area contributed by atoms with Crippen LogP contribution in [0.5, 0.6) is 5.75 Å². The van der Waals surface area contributed by atoms with Crippen molar-refractivity contribution < 1.29 is 14.3 Å². The number of benzene rings is 2. The van der Waals surface area contributed by atoms with Crippen molar-refractivity contribution in [2.45, 2.75) is 19.8 Å². The second-order valence-corrected chi connectivity index (χ2v) is 7.54. The molecule has 0 spiro atoms. The summed E-state index contributed by atoms with van der Waals surface area (Å²) in [6.45, 7) is 2.34. The van der Waals surface area contributed by atoms with Crippen LogP contribution in [0.25, 0.3) is 11.3 Å². The second kappa shape index (κ2) is 8.45. The van der Waals surface area contributed by atoms with E-state index >= 15 is 0 Å². The van der Waals surface area contributed by atoms with Gasteiger partial charge in [0.05, 0.1) is 24.4 Å². The Morgan fingerprint density at radius 3 is 2.79 bits per heavy atom. The Labute approximate surface area is 173 Å². The van der Waals surface area contributed by atoms with E-state index in [0.29, 0.717) is 23.2 Å². The summed E-state index contributed by atoms with van der Waals surface area (Å²) in [4.78, 5) is 31.0. The first-order valence-corrected chi connectivity index (χ1v) is 10.4. The number of rotatable bonds is 5. The van der Waals surface area contributed by atoms with Crippen LogP contribution in [-0.2, 0) is 16.0 Å². The summed E-state index contributed by atoms with van der Waals surface area (Å²) in [5.41, 5.74) is 3.70. The number of amides is 2. The zero-order valence-electron chi connectivity index (χ0n) is 16.1. The highest BCUT2D eigenvalue weighted by atomic mass is 32.1. The normalized spacial score (nSPS) is 13.4. The molecule has 1 N–H and O–H groups in total. The molecule has 0 atom stereocenters. The molecule has 1 aliphatic rings. The van der Waals surface area contributed by atoms with Gasteiger partial charge in [0.2, 0.25) is 11.8 Å². The molecule has 2 amide bonds. The van der Waals surface area contributed by atoms with Crippen LogP contribution >= 0.6 is 11.3 Å². The van der Waals surface area contributed by atoms with Crippen molar-refractivity contribution in [1.29, 1.82) is 0 Å². The molecule has 29 heavy (non-hydrogen) atoms. The van der Waals surface area contributed by atoms with E-state index in [9.17, 15) is 9.59 Å². The number of hydrogen-bond acceptors (Lipinski definition) is 5. The fourth-order valence-electron chi connectivity index (χ4n) is 3.17. The number of aryl methyl sites for hydroxylation is 1. The number of carbonyl (C=O) groups excluding carboxylic acids is 2. The predicted octanol–water partition coefficient (Wildman–Crippen LogP) is 4.13. The molecule has 1 aromatic heterocycles. The van der Waals surface area contributed by atoms with Crippen molar-refractivity contribution in [3.05, 3.63) is 59.5 Å². The van der Waals surface area contributed by atoms with E-state index in [1.807, 2.05) is 29.6 Å². The quantitative estimate of drug-likeness (QED) is 0.690. The van der Waals surface area contributed by atoms with E-state index in [2.05, 4.69) is 29.4 Å². The van der Waals surface area contributed by atoms with Crippen molar-refractivity contribution in [3.63, 3.8) is 0 Å². The van der Waals surface area contributed by atoms with Gasteiger partial charge in [-0.3, -0.25) is 14.5 Å². The molecule has 148 valence electrons. The van der Waals surface area contributed by atoms with Crippen LogP contribution in [-0.4, -0.2) is 29.9 Å². The number of ether oxygens (including phenoxy) is 1. The number of aromatic nitrogens is 1. The SMILES string of the molecule is CCc1ccc(-c2csc(NC(=O)CN3C(=O)CCOc4ccccc43)n2)cc1. The van der Waals surface area contributed by atoms with E-state index in [1.54, 1.807) is 12.1 Å². The highest BCUT2D eigenvalue weighted by Gasteiger charge is 2.25. The third kappa shape index (κ3) is 4.30. The zero-order valence-corrected chi connectivity index (χ0v) is 16.9. The number of hydrogen-bond donors (Lipinski definition) is 1. The fourth-order valence-corrected chi connectivity index (χ4v) is 3.91. The summed E-state index contributed by atoms with van der Waals surface area (Å²) < 4.78 is 5.61. The van der Waals surface area contributed by atoms with Crippen molar-refractivity contribution in [3.8, 4) is 17.0 Å². The maximum atomic E-state index is 12.6. The first-order chi connectivity index (χ1) is 14.1. The monoisotopic (exact) mass is 407 g/mol. The molecule has 4 rings (SSSR count). The Morgan fingerprint density at radius 1 is 1.21 bits per heavy atom. The van der Waals surface area contributed by atoms with Gasteiger partial charge in [-0.2, -0.15) is 0 Å². The molecule has 0 radical (unpaired) electrons. The lowest BCUT2D eigenvalue weighted by Crippen LogP contribution is -2.37. The number of nitrogens with zero attached hydrogens (tertiary/aromatic N) is 2.